The van der Waals surface area contributed by atoms with Gasteiger partial charge < -0.3 is 20.2 Å². The van der Waals surface area contributed by atoms with Gasteiger partial charge in [0.2, 0.25) is 5.89 Å². The normalized spacial score (nSPS) is 15.5. The second kappa shape index (κ2) is 11.4. The number of ether oxygens (including phenoxy) is 1. The van der Waals surface area contributed by atoms with E-state index >= 15 is 0 Å². The molecular weight excluding hydrogens is 471 g/mol. The number of aliphatic imine (C=N–C) groups is 1. The molecule has 36 heavy (non-hydrogen) atoms. The van der Waals surface area contributed by atoms with E-state index in [0.29, 0.717) is 29.4 Å². The second-order valence-electron chi connectivity index (χ2n) is 8.54. The van der Waals surface area contributed by atoms with Crippen molar-refractivity contribution in [2.24, 2.45) is 10.7 Å². The van der Waals surface area contributed by atoms with Crippen molar-refractivity contribution in [3.05, 3.63) is 72.0 Å². The third-order valence-corrected chi connectivity index (χ3v) is 5.75. The second-order valence-corrected chi connectivity index (χ2v) is 8.54. The van der Waals surface area contributed by atoms with Gasteiger partial charge in [0.25, 0.3) is 0 Å². The number of nitrogens with one attached hydrogen (secondary N) is 1. The van der Waals surface area contributed by atoms with Crippen molar-refractivity contribution in [3.8, 4) is 17.0 Å². The van der Waals surface area contributed by atoms with Gasteiger partial charge in [-0.2, -0.15) is 0 Å². The van der Waals surface area contributed by atoms with E-state index in [2.05, 4.69) is 26.1 Å². The molecule has 4 rings (SSSR count). The topological polar surface area (TPSA) is 98.6 Å². The number of alkyl halides is 3. The zero-order valence-corrected chi connectivity index (χ0v) is 19.9. The van der Waals surface area contributed by atoms with Crippen LogP contribution in [0.2, 0.25) is 0 Å². The molecule has 7 nitrogen and oxygen atoms in total. The SMILES string of the molecule is CC1=CC(c2nc(-c3ccc(OC(F)(F)F)cc3)co2)=NC1CCCc1ccc(NCCCN)nc1. The summed E-state index contributed by atoms with van der Waals surface area (Å²) in [6.45, 7) is 3.50. The largest absolute Gasteiger partial charge is 0.573 e. The fraction of sp³-hybridized carbons (Fsp3) is 0.346. The van der Waals surface area contributed by atoms with E-state index in [1.54, 1.807) is 0 Å². The first kappa shape index (κ1) is 25.4. The molecule has 0 spiro atoms. The minimum Gasteiger partial charge on any atom is -0.443 e. The highest BCUT2D eigenvalue weighted by molar-refractivity contribution is 6.07. The lowest BCUT2D eigenvalue weighted by Gasteiger charge is -2.09. The molecule has 0 saturated heterocycles. The summed E-state index contributed by atoms with van der Waals surface area (Å²) in [5.74, 6) is 0.943. The Morgan fingerprint density at radius 1 is 1.11 bits per heavy atom. The van der Waals surface area contributed by atoms with Crippen molar-refractivity contribution in [1.82, 2.24) is 9.97 Å². The van der Waals surface area contributed by atoms with Crippen molar-refractivity contribution in [1.29, 1.82) is 0 Å². The number of oxazole rings is 1. The molecule has 2 aromatic heterocycles. The van der Waals surface area contributed by atoms with Crippen LogP contribution in [-0.4, -0.2) is 41.2 Å². The van der Waals surface area contributed by atoms with E-state index in [-0.39, 0.29) is 11.8 Å². The van der Waals surface area contributed by atoms with Gasteiger partial charge in [-0.1, -0.05) is 6.07 Å². The molecule has 0 fully saturated rings. The predicted octanol–water partition coefficient (Wildman–Crippen LogP) is 5.54. The molecule has 190 valence electrons. The van der Waals surface area contributed by atoms with Crippen LogP contribution >= 0.6 is 0 Å². The molecule has 1 aromatic carbocycles. The van der Waals surface area contributed by atoms with E-state index < -0.39 is 6.36 Å². The molecule has 0 saturated carbocycles. The highest BCUT2D eigenvalue weighted by Crippen LogP contribution is 2.28. The van der Waals surface area contributed by atoms with Gasteiger partial charge in [-0.15, -0.1) is 13.2 Å². The standard InChI is InChI=1S/C26H28F3N5O2/c1-17-14-22(25-34-23(16-35-25)19-7-9-20(10-8-19)36-26(27,28)29)33-21(17)5-2-4-18-6-11-24(32-15-18)31-13-3-12-30/h6-11,14-16,21H,2-5,12-13,30H2,1H3,(H,31,32). The lowest BCUT2D eigenvalue weighted by molar-refractivity contribution is -0.274. The van der Waals surface area contributed by atoms with Crippen molar-refractivity contribution in [2.45, 2.75) is 45.0 Å². The highest BCUT2D eigenvalue weighted by atomic mass is 19.4. The first-order valence-electron chi connectivity index (χ1n) is 11.8. The molecule has 0 aliphatic carbocycles. The molecule has 3 aromatic rings. The summed E-state index contributed by atoms with van der Waals surface area (Å²) in [4.78, 5) is 13.7. The number of hydrogen-bond acceptors (Lipinski definition) is 7. The summed E-state index contributed by atoms with van der Waals surface area (Å²) in [5.41, 5.74) is 9.60. The first-order chi connectivity index (χ1) is 17.3. The molecule has 0 bridgehead atoms. The third-order valence-electron chi connectivity index (χ3n) is 5.75. The Kier molecular flexibility index (Phi) is 8.04. The zero-order chi connectivity index (χ0) is 25.5. The van der Waals surface area contributed by atoms with Gasteiger partial charge in [0.05, 0.1) is 6.04 Å². The number of anilines is 1. The van der Waals surface area contributed by atoms with Crippen molar-refractivity contribution in [2.75, 3.05) is 18.4 Å². The maximum absolute atomic E-state index is 12.4. The lowest BCUT2D eigenvalue weighted by atomic mass is 10.0. The van der Waals surface area contributed by atoms with E-state index in [1.165, 1.54) is 36.1 Å². The number of allylic oxidation sites excluding steroid dienone is 1. The fourth-order valence-electron chi connectivity index (χ4n) is 3.87. The highest BCUT2D eigenvalue weighted by Gasteiger charge is 2.31. The Bertz CT molecular complexity index is 1200. The average Bonchev–Trinajstić information content (AvgIpc) is 3.47. The molecule has 1 aliphatic heterocycles. The fourth-order valence-corrected chi connectivity index (χ4v) is 3.87. The Balaban J connectivity index is 1.31. The Hall–Kier alpha value is -3.66. The number of rotatable bonds is 11. The van der Waals surface area contributed by atoms with Crippen LogP contribution in [-0.2, 0) is 6.42 Å². The number of hydrogen-bond donors (Lipinski definition) is 2. The van der Waals surface area contributed by atoms with E-state index in [4.69, 9.17) is 15.1 Å². The van der Waals surface area contributed by atoms with Gasteiger partial charge in [0, 0.05) is 18.3 Å². The Labute approximate surface area is 207 Å². The predicted molar refractivity (Wildman–Crippen MR) is 132 cm³/mol. The number of halogens is 3. The van der Waals surface area contributed by atoms with Crippen LogP contribution in [0.15, 0.2) is 69.9 Å². The van der Waals surface area contributed by atoms with Crippen LogP contribution in [0.1, 0.15) is 37.6 Å². The summed E-state index contributed by atoms with van der Waals surface area (Å²) >= 11 is 0. The number of nitrogens with two attached hydrogens (primary N) is 1. The monoisotopic (exact) mass is 499 g/mol. The van der Waals surface area contributed by atoms with Crippen LogP contribution in [0, 0.1) is 0 Å². The van der Waals surface area contributed by atoms with Gasteiger partial charge in [-0.25, -0.2) is 9.97 Å². The van der Waals surface area contributed by atoms with Crippen LogP contribution in [0.3, 0.4) is 0 Å². The summed E-state index contributed by atoms with van der Waals surface area (Å²) in [5, 5.41) is 3.24. The van der Waals surface area contributed by atoms with Crippen molar-refractivity contribution >= 4 is 11.5 Å². The van der Waals surface area contributed by atoms with Gasteiger partial charge in [0.15, 0.2) is 0 Å². The van der Waals surface area contributed by atoms with E-state index in [9.17, 15) is 13.2 Å². The maximum atomic E-state index is 12.4. The summed E-state index contributed by atoms with van der Waals surface area (Å²) < 4.78 is 46.6. The zero-order valence-electron chi connectivity index (χ0n) is 19.9. The number of benzene rings is 1. The van der Waals surface area contributed by atoms with Crippen molar-refractivity contribution in [3.63, 3.8) is 0 Å². The first-order valence-corrected chi connectivity index (χ1v) is 11.8. The number of aromatic nitrogens is 2. The Morgan fingerprint density at radius 2 is 1.92 bits per heavy atom. The summed E-state index contributed by atoms with van der Waals surface area (Å²) in [6, 6.07) is 9.61. The third kappa shape index (κ3) is 6.94. The van der Waals surface area contributed by atoms with Gasteiger partial charge in [0.1, 0.15) is 29.2 Å². The Morgan fingerprint density at radius 3 is 2.61 bits per heavy atom. The molecule has 0 radical (unpaired) electrons. The number of aryl methyl sites for hydroxylation is 1. The smallest absolute Gasteiger partial charge is 0.443 e. The van der Waals surface area contributed by atoms with Crippen LogP contribution < -0.4 is 15.8 Å². The van der Waals surface area contributed by atoms with E-state index in [0.717, 1.165) is 43.6 Å². The molecule has 1 unspecified atom stereocenters. The van der Waals surface area contributed by atoms with Crippen molar-refractivity contribution < 1.29 is 22.3 Å². The average molecular weight is 500 g/mol. The van der Waals surface area contributed by atoms with Crippen LogP contribution in [0.25, 0.3) is 11.3 Å². The van der Waals surface area contributed by atoms with Gasteiger partial charge in [-0.05, 0) is 86.7 Å². The number of nitrogens with zero attached hydrogens (tertiary/aromatic N) is 3. The maximum Gasteiger partial charge on any atom is 0.573 e. The quantitative estimate of drug-likeness (QED) is 0.336. The summed E-state index contributed by atoms with van der Waals surface area (Å²) in [6.07, 6.45) is 4.25. The molecular formula is C26H28F3N5O2. The van der Waals surface area contributed by atoms with E-state index in [1.807, 2.05) is 25.3 Å². The minimum absolute atomic E-state index is 0.0549. The molecule has 10 heteroatoms. The van der Waals surface area contributed by atoms with Crippen LogP contribution in [0.5, 0.6) is 5.75 Å². The molecule has 1 aliphatic rings. The number of pyridine rings is 1. The molecule has 3 heterocycles. The minimum atomic E-state index is -4.73. The van der Waals surface area contributed by atoms with Gasteiger partial charge >= 0.3 is 6.36 Å². The van der Waals surface area contributed by atoms with Crippen LogP contribution in [0.4, 0.5) is 19.0 Å². The van der Waals surface area contributed by atoms with Gasteiger partial charge in [-0.3, -0.25) is 4.99 Å². The summed E-state index contributed by atoms with van der Waals surface area (Å²) in [7, 11) is 0. The molecule has 1 atom stereocenters. The molecule has 0 amide bonds. The lowest BCUT2D eigenvalue weighted by Crippen LogP contribution is -2.16. The molecule has 3 N–H and O–H groups in total.